The lowest BCUT2D eigenvalue weighted by Gasteiger charge is -2.06. The molecule has 2 nitrogen and oxygen atoms in total. The van der Waals surface area contributed by atoms with Gasteiger partial charge in [0.15, 0.2) is 0 Å². The van der Waals surface area contributed by atoms with Crippen LogP contribution in [0.2, 0.25) is 0 Å². The number of carbonyl (C=O) groups is 1. The number of hydrogen-bond donors (Lipinski definition) is 1. The molecule has 0 radical (unpaired) electrons. The second-order valence-corrected chi connectivity index (χ2v) is 6.23. The average molecular weight is 299 g/mol. The first-order valence-corrected chi connectivity index (χ1v) is 8.24. The van der Waals surface area contributed by atoms with Gasteiger partial charge in [-0.1, -0.05) is 59.7 Å². The zero-order chi connectivity index (χ0) is 15.1. The summed E-state index contributed by atoms with van der Waals surface area (Å²) in [6.07, 6.45) is 0. The van der Waals surface area contributed by atoms with Gasteiger partial charge >= 0.3 is 0 Å². The number of carbonyl (C=O) groups excluding carboxylic acids is 1. The fourth-order valence-electron chi connectivity index (χ4n) is 2.02. The first-order chi connectivity index (χ1) is 10.1. The van der Waals surface area contributed by atoms with Gasteiger partial charge in [-0.3, -0.25) is 4.79 Å². The first kappa shape index (κ1) is 15.6. The Morgan fingerprint density at radius 1 is 1.00 bits per heavy atom. The summed E-state index contributed by atoms with van der Waals surface area (Å²) in [5, 5.41) is 2.96. The molecular formula is C18H21NOS. The minimum Gasteiger partial charge on any atom is -0.351 e. The Bertz CT molecular complexity index is 592. The van der Waals surface area contributed by atoms with E-state index in [4.69, 9.17) is 0 Å². The minimum absolute atomic E-state index is 0.0910. The molecule has 0 unspecified atom stereocenters. The maximum absolute atomic E-state index is 11.8. The predicted octanol–water partition coefficient (Wildman–Crippen LogP) is 3.85. The molecule has 0 bridgehead atoms. The molecule has 1 N–H and O–H groups in total. The Labute approximate surface area is 131 Å². The van der Waals surface area contributed by atoms with Crippen LogP contribution < -0.4 is 5.32 Å². The third kappa shape index (κ3) is 5.64. The van der Waals surface area contributed by atoms with Gasteiger partial charge in [0.25, 0.3) is 0 Å². The summed E-state index contributed by atoms with van der Waals surface area (Å²) in [5.74, 6) is 1.47. The van der Waals surface area contributed by atoms with Crippen LogP contribution >= 0.6 is 11.8 Å². The van der Waals surface area contributed by atoms with Crippen molar-refractivity contribution in [3.63, 3.8) is 0 Å². The normalized spacial score (nSPS) is 10.4. The van der Waals surface area contributed by atoms with Crippen molar-refractivity contribution in [2.24, 2.45) is 0 Å². The lowest BCUT2D eigenvalue weighted by molar-refractivity contribution is -0.118. The second-order valence-electron chi connectivity index (χ2n) is 5.24. The third-order valence-corrected chi connectivity index (χ3v) is 4.20. The van der Waals surface area contributed by atoms with E-state index in [1.807, 2.05) is 0 Å². The molecule has 2 rings (SSSR count). The van der Waals surface area contributed by atoms with Crippen LogP contribution in [0.4, 0.5) is 0 Å². The van der Waals surface area contributed by atoms with Crippen molar-refractivity contribution < 1.29 is 4.79 Å². The van der Waals surface area contributed by atoms with E-state index in [1.165, 1.54) is 16.7 Å². The summed E-state index contributed by atoms with van der Waals surface area (Å²) in [6, 6.07) is 16.6. The molecule has 0 aliphatic carbocycles. The predicted molar refractivity (Wildman–Crippen MR) is 90.4 cm³/mol. The Morgan fingerprint density at radius 2 is 1.76 bits per heavy atom. The van der Waals surface area contributed by atoms with Gasteiger partial charge in [-0.15, -0.1) is 11.8 Å². The zero-order valence-electron chi connectivity index (χ0n) is 12.6. The van der Waals surface area contributed by atoms with Gasteiger partial charge in [-0.2, -0.15) is 0 Å². The molecule has 21 heavy (non-hydrogen) atoms. The molecule has 0 spiro atoms. The zero-order valence-corrected chi connectivity index (χ0v) is 13.4. The summed E-state index contributed by atoms with van der Waals surface area (Å²) in [4.78, 5) is 11.8. The van der Waals surface area contributed by atoms with Gasteiger partial charge in [0.2, 0.25) is 5.91 Å². The standard InChI is InChI=1S/C18H21NOS/c1-14-6-8-16(9-7-14)11-19-18(20)13-21-12-17-5-3-4-15(2)10-17/h3-10H,11-13H2,1-2H3,(H,19,20). The van der Waals surface area contributed by atoms with Crippen molar-refractivity contribution in [2.45, 2.75) is 26.1 Å². The molecular weight excluding hydrogens is 278 g/mol. The minimum atomic E-state index is 0.0910. The number of rotatable bonds is 6. The molecule has 2 aromatic rings. The molecule has 0 heterocycles. The van der Waals surface area contributed by atoms with E-state index in [-0.39, 0.29) is 5.91 Å². The fraction of sp³-hybridized carbons (Fsp3) is 0.278. The van der Waals surface area contributed by atoms with Crippen molar-refractivity contribution >= 4 is 17.7 Å². The van der Waals surface area contributed by atoms with E-state index in [0.717, 1.165) is 11.3 Å². The lowest BCUT2D eigenvalue weighted by Crippen LogP contribution is -2.24. The number of aryl methyl sites for hydroxylation is 2. The van der Waals surface area contributed by atoms with Crippen molar-refractivity contribution in [1.29, 1.82) is 0 Å². The highest BCUT2D eigenvalue weighted by molar-refractivity contribution is 7.99. The van der Waals surface area contributed by atoms with Gasteiger partial charge in [0.05, 0.1) is 5.75 Å². The van der Waals surface area contributed by atoms with Crippen LogP contribution in [0.1, 0.15) is 22.3 Å². The van der Waals surface area contributed by atoms with E-state index in [0.29, 0.717) is 12.3 Å². The molecule has 110 valence electrons. The molecule has 0 aliphatic rings. The molecule has 1 amide bonds. The van der Waals surface area contributed by atoms with E-state index >= 15 is 0 Å². The Morgan fingerprint density at radius 3 is 2.48 bits per heavy atom. The van der Waals surface area contributed by atoms with Crippen molar-refractivity contribution in [3.05, 3.63) is 70.8 Å². The van der Waals surface area contributed by atoms with Crippen LogP contribution in [0.15, 0.2) is 48.5 Å². The first-order valence-electron chi connectivity index (χ1n) is 7.09. The summed E-state index contributed by atoms with van der Waals surface area (Å²) in [5.41, 5.74) is 4.90. The monoisotopic (exact) mass is 299 g/mol. The summed E-state index contributed by atoms with van der Waals surface area (Å²) in [7, 11) is 0. The van der Waals surface area contributed by atoms with Crippen LogP contribution in [0.5, 0.6) is 0 Å². The topological polar surface area (TPSA) is 29.1 Å². The van der Waals surface area contributed by atoms with Crippen molar-refractivity contribution in [2.75, 3.05) is 5.75 Å². The van der Waals surface area contributed by atoms with Crippen LogP contribution in [-0.2, 0) is 17.1 Å². The number of benzene rings is 2. The van der Waals surface area contributed by atoms with Gasteiger partial charge < -0.3 is 5.32 Å². The lowest BCUT2D eigenvalue weighted by atomic mass is 10.1. The summed E-state index contributed by atoms with van der Waals surface area (Å²) >= 11 is 1.65. The fourth-order valence-corrected chi connectivity index (χ4v) is 2.83. The molecule has 0 saturated carbocycles. The van der Waals surface area contributed by atoms with Gasteiger partial charge in [-0.25, -0.2) is 0 Å². The third-order valence-electron chi connectivity index (χ3n) is 3.19. The van der Waals surface area contributed by atoms with Crippen LogP contribution in [0.25, 0.3) is 0 Å². The molecule has 0 saturated heterocycles. The molecule has 0 aromatic heterocycles. The van der Waals surface area contributed by atoms with E-state index < -0.39 is 0 Å². The largest absolute Gasteiger partial charge is 0.351 e. The smallest absolute Gasteiger partial charge is 0.230 e. The molecule has 0 atom stereocenters. The van der Waals surface area contributed by atoms with Gasteiger partial charge in [0, 0.05) is 12.3 Å². The van der Waals surface area contributed by atoms with Gasteiger partial charge in [-0.05, 0) is 25.0 Å². The van der Waals surface area contributed by atoms with Crippen LogP contribution in [0, 0.1) is 13.8 Å². The molecule has 0 aliphatic heterocycles. The van der Waals surface area contributed by atoms with Crippen LogP contribution in [-0.4, -0.2) is 11.7 Å². The quantitative estimate of drug-likeness (QED) is 0.877. The summed E-state index contributed by atoms with van der Waals surface area (Å²) in [6.45, 7) is 4.75. The average Bonchev–Trinajstić information content (AvgIpc) is 2.47. The molecule has 3 heteroatoms. The van der Waals surface area contributed by atoms with E-state index in [1.54, 1.807) is 11.8 Å². The van der Waals surface area contributed by atoms with E-state index in [2.05, 4.69) is 67.7 Å². The maximum atomic E-state index is 11.8. The highest BCUT2D eigenvalue weighted by Gasteiger charge is 2.02. The summed E-state index contributed by atoms with van der Waals surface area (Å²) < 4.78 is 0. The number of hydrogen-bond acceptors (Lipinski definition) is 2. The van der Waals surface area contributed by atoms with Crippen molar-refractivity contribution in [1.82, 2.24) is 5.32 Å². The van der Waals surface area contributed by atoms with Crippen LogP contribution in [0.3, 0.4) is 0 Å². The highest BCUT2D eigenvalue weighted by atomic mass is 32.2. The van der Waals surface area contributed by atoms with Crippen molar-refractivity contribution in [3.8, 4) is 0 Å². The van der Waals surface area contributed by atoms with Gasteiger partial charge in [0.1, 0.15) is 0 Å². The molecule has 0 fully saturated rings. The highest BCUT2D eigenvalue weighted by Crippen LogP contribution is 2.13. The number of nitrogens with one attached hydrogen (secondary N) is 1. The SMILES string of the molecule is Cc1ccc(CNC(=O)CSCc2cccc(C)c2)cc1. The Kier molecular flexibility index (Phi) is 5.88. The maximum Gasteiger partial charge on any atom is 0.230 e. The Hall–Kier alpha value is -1.74. The Balaban J connectivity index is 1.69. The number of amides is 1. The second kappa shape index (κ2) is 7.89. The number of thioether (sulfide) groups is 1. The van der Waals surface area contributed by atoms with E-state index in [9.17, 15) is 4.79 Å². The molecule has 2 aromatic carbocycles.